The van der Waals surface area contributed by atoms with Crippen LogP contribution in [0, 0.1) is 5.82 Å². The summed E-state index contributed by atoms with van der Waals surface area (Å²) >= 11 is 17.9. The topological polar surface area (TPSA) is 22.1 Å². The molecule has 1 aromatic carbocycles. The monoisotopic (exact) mass is 305 g/mol. The number of hydrogen-bond acceptors (Lipinski definition) is 2. The zero-order chi connectivity index (χ0) is 13.3. The van der Waals surface area contributed by atoms with E-state index in [0.29, 0.717) is 16.1 Å². The van der Waals surface area contributed by atoms with Crippen LogP contribution in [0.5, 0.6) is 5.88 Å². The fourth-order valence-electron chi connectivity index (χ4n) is 1.53. The Balaban J connectivity index is 2.72. The average molecular weight is 307 g/mol. The van der Waals surface area contributed by atoms with Gasteiger partial charge in [0.2, 0.25) is 5.88 Å². The summed E-state index contributed by atoms with van der Waals surface area (Å²) in [6.45, 7) is 0. The second kappa shape index (κ2) is 5.31. The molecule has 0 aliphatic heterocycles. The predicted octanol–water partition coefficient (Wildman–Crippen LogP) is 4.86. The highest BCUT2D eigenvalue weighted by Crippen LogP contribution is 2.39. The molecule has 0 spiro atoms. The highest BCUT2D eigenvalue weighted by molar-refractivity contribution is 6.45. The van der Waals surface area contributed by atoms with Crippen molar-refractivity contribution in [2.75, 3.05) is 7.11 Å². The van der Waals surface area contributed by atoms with Gasteiger partial charge in [0, 0.05) is 16.1 Å². The summed E-state index contributed by atoms with van der Waals surface area (Å²) in [4.78, 5) is 3.83. The second-order valence-corrected chi connectivity index (χ2v) is 4.68. The molecule has 0 fully saturated rings. The van der Waals surface area contributed by atoms with Crippen molar-refractivity contribution in [3.63, 3.8) is 0 Å². The average Bonchev–Trinajstić information content (AvgIpc) is 2.33. The first-order valence-corrected chi connectivity index (χ1v) is 6.00. The van der Waals surface area contributed by atoms with Gasteiger partial charge in [-0.3, -0.25) is 0 Å². The van der Waals surface area contributed by atoms with Crippen molar-refractivity contribution in [2.45, 2.75) is 0 Å². The van der Waals surface area contributed by atoms with Crippen molar-refractivity contribution in [1.82, 2.24) is 4.98 Å². The van der Waals surface area contributed by atoms with Crippen molar-refractivity contribution >= 4 is 34.8 Å². The summed E-state index contributed by atoms with van der Waals surface area (Å²) in [6.07, 6.45) is 1.06. The third-order valence-corrected chi connectivity index (χ3v) is 3.31. The van der Waals surface area contributed by atoms with Crippen LogP contribution in [0.2, 0.25) is 15.1 Å². The predicted molar refractivity (Wildman–Crippen MR) is 71.2 cm³/mol. The fourth-order valence-corrected chi connectivity index (χ4v) is 2.24. The summed E-state index contributed by atoms with van der Waals surface area (Å²) in [5, 5.41) is 0.947. The number of halogens is 4. The first-order valence-electron chi connectivity index (χ1n) is 4.87. The maximum Gasteiger partial charge on any atom is 0.221 e. The Morgan fingerprint density at radius 3 is 2.50 bits per heavy atom. The van der Waals surface area contributed by atoms with E-state index in [9.17, 15) is 4.39 Å². The van der Waals surface area contributed by atoms with E-state index in [1.165, 1.54) is 19.2 Å². The van der Waals surface area contributed by atoms with E-state index in [1.807, 2.05) is 0 Å². The molecule has 1 aromatic heterocycles. The van der Waals surface area contributed by atoms with Crippen LogP contribution in [0.4, 0.5) is 4.39 Å². The second-order valence-electron chi connectivity index (χ2n) is 3.46. The number of aromatic nitrogens is 1. The van der Waals surface area contributed by atoms with Gasteiger partial charge in [-0.05, 0) is 18.2 Å². The Hall–Kier alpha value is -1.03. The van der Waals surface area contributed by atoms with Crippen LogP contribution in [-0.4, -0.2) is 12.1 Å². The van der Waals surface area contributed by atoms with Crippen LogP contribution in [0.3, 0.4) is 0 Å². The van der Waals surface area contributed by atoms with Crippen LogP contribution < -0.4 is 4.74 Å². The van der Waals surface area contributed by atoms with Gasteiger partial charge in [-0.15, -0.1) is 0 Å². The Morgan fingerprint density at radius 1 is 1.11 bits per heavy atom. The molecule has 2 nitrogen and oxygen atoms in total. The van der Waals surface area contributed by atoms with Crippen molar-refractivity contribution in [2.24, 2.45) is 0 Å². The molecule has 0 N–H and O–H groups in total. The Bertz CT molecular complexity index is 604. The zero-order valence-electron chi connectivity index (χ0n) is 9.18. The molecule has 0 unspecified atom stereocenters. The molecule has 0 saturated carbocycles. The number of ether oxygens (including phenoxy) is 1. The number of pyridine rings is 1. The molecular formula is C12H7Cl3FNO. The molecule has 0 saturated heterocycles. The van der Waals surface area contributed by atoms with E-state index in [1.54, 1.807) is 6.07 Å². The van der Waals surface area contributed by atoms with Crippen molar-refractivity contribution in [3.8, 4) is 17.0 Å². The highest BCUT2D eigenvalue weighted by atomic mass is 35.5. The molecule has 94 valence electrons. The Kier molecular flexibility index (Phi) is 3.95. The van der Waals surface area contributed by atoms with Gasteiger partial charge < -0.3 is 4.74 Å². The molecule has 2 rings (SSSR count). The number of methoxy groups -OCH3 is 1. The smallest absolute Gasteiger partial charge is 0.221 e. The third kappa shape index (κ3) is 2.53. The van der Waals surface area contributed by atoms with Gasteiger partial charge in [-0.25, -0.2) is 9.37 Å². The Morgan fingerprint density at radius 2 is 1.83 bits per heavy atom. The van der Waals surface area contributed by atoms with Gasteiger partial charge in [0.05, 0.1) is 23.4 Å². The van der Waals surface area contributed by atoms with E-state index in [4.69, 9.17) is 39.5 Å². The minimum atomic E-state index is -0.502. The van der Waals surface area contributed by atoms with Gasteiger partial charge in [0.25, 0.3) is 0 Å². The molecule has 2 aromatic rings. The van der Waals surface area contributed by atoms with E-state index in [2.05, 4.69) is 4.98 Å². The van der Waals surface area contributed by atoms with Gasteiger partial charge >= 0.3 is 0 Å². The SMILES string of the molecule is COc1ncc(F)cc1-c1cc(Cl)cc(Cl)c1Cl. The van der Waals surface area contributed by atoms with Crippen LogP contribution >= 0.6 is 34.8 Å². The molecular weight excluding hydrogens is 299 g/mol. The lowest BCUT2D eigenvalue weighted by Gasteiger charge is -2.10. The zero-order valence-corrected chi connectivity index (χ0v) is 11.4. The first kappa shape index (κ1) is 13.4. The minimum Gasteiger partial charge on any atom is -0.481 e. The molecule has 6 heteroatoms. The Labute approximate surface area is 118 Å². The van der Waals surface area contributed by atoms with Gasteiger partial charge in [-0.2, -0.15) is 0 Å². The van der Waals surface area contributed by atoms with Crippen molar-refractivity contribution in [1.29, 1.82) is 0 Å². The summed E-state index contributed by atoms with van der Waals surface area (Å²) in [5.74, 6) is -0.255. The van der Waals surface area contributed by atoms with Crippen LogP contribution in [-0.2, 0) is 0 Å². The molecule has 0 aliphatic rings. The lowest BCUT2D eigenvalue weighted by Crippen LogP contribution is -1.93. The summed E-state index contributed by atoms with van der Waals surface area (Å²) in [5.41, 5.74) is 0.866. The minimum absolute atomic E-state index is 0.247. The van der Waals surface area contributed by atoms with E-state index < -0.39 is 5.82 Å². The summed E-state index contributed by atoms with van der Waals surface area (Å²) in [6, 6.07) is 4.35. The summed E-state index contributed by atoms with van der Waals surface area (Å²) in [7, 11) is 1.43. The molecule has 0 amide bonds. The molecule has 0 bridgehead atoms. The van der Waals surface area contributed by atoms with E-state index in [-0.39, 0.29) is 15.9 Å². The van der Waals surface area contributed by atoms with Crippen molar-refractivity contribution in [3.05, 3.63) is 45.3 Å². The van der Waals surface area contributed by atoms with Gasteiger partial charge in [-0.1, -0.05) is 34.8 Å². The molecule has 0 atom stereocenters. The molecule has 1 heterocycles. The lowest BCUT2D eigenvalue weighted by molar-refractivity contribution is 0.397. The largest absolute Gasteiger partial charge is 0.481 e. The highest BCUT2D eigenvalue weighted by Gasteiger charge is 2.15. The van der Waals surface area contributed by atoms with E-state index >= 15 is 0 Å². The van der Waals surface area contributed by atoms with Gasteiger partial charge in [0.1, 0.15) is 5.82 Å². The fraction of sp³-hybridized carbons (Fsp3) is 0.0833. The number of hydrogen-bond donors (Lipinski definition) is 0. The van der Waals surface area contributed by atoms with Gasteiger partial charge in [0.15, 0.2) is 0 Å². The third-order valence-electron chi connectivity index (χ3n) is 2.29. The normalized spacial score (nSPS) is 10.5. The van der Waals surface area contributed by atoms with Crippen LogP contribution in [0.1, 0.15) is 0 Å². The first-order chi connectivity index (χ1) is 8.52. The number of nitrogens with zero attached hydrogens (tertiary/aromatic N) is 1. The molecule has 0 radical (unpaired) electrons. The number of rotatable bonds is 2. The summed E-state index contributed by atoms with van der Waals surface area (Å²) < 4.78 is 18.3. The van der Waals surface area contributed by atoms with Crippen LogP contribution in [0.15, 0.2) is 24.4 Å². The maximum absolute atomic E-state index is 13.3. The van der Waals surface area contributed by atoms with E-state index in [0.717, 1.165) is 6.20 Å². The molecule has 18 heavy (non-hydrogen) atoms. The van der Waals surface area contributed by atoms with Crippen molar-refractivity contribution < 1.29 is 9.13 Å². The number of benzene rings is 1. The van der Waals surface area contributed by atoms with Crippen LogP contribution in [0.25, 0.3) is 11.1 Å². The standard InChI is InChI=1S/C12H7Cl3FNO/c1-18-12-9(4-7(16)5-17-12)8-2-6(13)3-10(14)11(8)15/h2-5H,1H3. The quantitative estimate of drug-likeness (QED) is 0.739. The maximum atomic E-state index is 13.3. The molecule has 0 aliphatic carbocycles. The lowest BCUT2D eigenvalue weighted by atomic mass is 10.1.